The highest BCUT2D eigenvalue weighted by Crippen LogP contribution is 2.20. The zero-order valence-corrected chi connectivity index (χ0v) is 14.7. The summed E-state index contributed by atoms with van der Waals surface area (Å²) in [5.74, 6) is -0.887. The van der Waals surface area contributed by atoms with Gasteiger partial charge in [0, 0.05) is 40.8 Å². The molecule has 0 spiro atoms. The molecule has 1 amide bonds. The number of nitrogens with zero attached hydrogens (tertiary/aromatic N) is 1. The predicted octanol–water partition coefficient (Wildman–Crippen LogP) is 3.95. The summed E-state index contributed by atoms with van der Waals surface area (Å²) in [5, 5.41) is 0.602. The summed E-state index contributed by atoms with van der Waals surface area (Å²) in [6.45, 7) is 0.930. The summed E-state index contributed by atoms with van der Waals surface area (Å²) in [7, 11) is 0. The Morgan fingerprint density at radius 2 is 1.52 bits per heavy atom. The molecule has 2 aromatic carbocycles. The second-order valence-corrected chi connectivity index (χ2v) is 6.14. The Hall–Kier alpha value is -1.73. The lowest BCUT2D eigenvalue weighted by molar-refractivity contribution is -0.121. The standard InChI is InChI=1S/C17H16Cl2F2N2O2/c18-14-3-1-12(16(20)7-14)9-23(5-6-25-22-11-24)10-13-2-4-15(19)8-17(13)21/h1-4,7-8,11H,5-6,9-10H2,(H,22,24). The van der Waals surface area contributed by atoms with E-state index in [1.807, 2.05) is 0 Å². The Labute approximate surface area is 154 Å². The first kappa shape index (κ1) is 19.6. The molecule has 0 aliphatic heterocycles. The van der Waals surface area contributed by atoms with Crippen LogP contribution >= 0.6 is 23.2 Å². The van der Waals surface area contributed by atoms with Crippen LogP contribution in [-0.4, -0.2) is 24.5 Å². The summed E-state index contributed by atoms with van der Waals surface area (Å²) in [6.07, 6.45) is 0.405. The average Bonchev–Trinajstić information content (AvgIpc) is 2.56. The van der Waals surface area contributed by atoms with Crippen LogP contribution in [0.1, 0.15) is 11.1 Å². The van der Waals surface area contributed by atoms with Crippen LogP contribution in [0, 0.1) is 11.6 Å². The normalized spacial score (nSPS) is 10.9. The number of nitrogens with one attached hydrogen (secondary N) is 1. The molecule has 2 aromatic rings. The molecule has 0 atom stereocenters. The molecule has 0 aliphatic rings. The molecule has 25 heavy (non-hydrogen) atoms. The van der Waals surface area contributed by atoms with E-state index in [-0.39, 0.29) is 19.7 Å². The van der Waals surface area contributed by atoms with Crippen molar-refractivity contribution in [1.82, 2.24) is 10.4 Å². The number of carbonyl (C=O) groups is 1. The van der Waals surface area contributed by atoms with Crippen molar-refractivity contribution < 1.29 is 18.4 Å². The minimum absolute atomic E-state index is 0.156. The van der Waals surface area contributed by atoms with Crippen LogP contribution < -0.4 is 5.48 Å². The lowest BCUT2D eigenvalue weighted by Crippen LogP contribution is -2.29. The average molecular weight is 389 g/mol. The number of amides is 1. The van der Waals surface area contributed by atoms with Crippen molar-refractivity contribution >= 4 is 29.6 Å². The van der Waals surface area contributed by atoms with Gasteiger partial charge in [0.25, 0.3) is 0 Å². The van der Waals surface area contributed by atoms with Gasteiger partial charge in [-0.05, 0) is 24.3 Å². The summed E-state index contributed by atoms with van der Waals surface area (Å²) in [5.41, 5.74) is 2.92. The molecule has 0 bridgehead atoms. The highest BCUT2D eigenvalue weighted by atomic mass is 35.5. The smallest absolute Gasteiger partial charge is 0.230 e. The number of halogens is 4. The molecule has 0 aromatic heterocycles. The monoisotopic (exact) mass is 388 g/mol. The van der Waals surface area contributed by atoms with Crippen LogP contribution in [0.5, 0.6) is 0 Å². The summed E-state index contributed by atoms with van der Waals surface area (Å²) >= 11 is 11.5. The molecule has 0 radical (unpaired) electrons. The lowest BCUT2D eigenvalue weighted by atomic mass is 10.1. The molecule has 0 fully saturated rings. The second kappa shape index (κ2) is 9.68. The van der Waals surface area contributed by atoms with Gasteiger partial charge in [0.1, 0.15) is 11.6 Å². The number of hydroxylamine groups is 1. The fourth-order valence-electron chi connectivity index (χ4n) is 2.26. The van der Waals surface area contributed by atoms with Crippen LogP contribution in [0.2, 0.25) is 10.0 Å². The van der Waals surface area contributed by atoms with Gasteiger partial charge in [-0.1, -0.05) is 35.3 Å². The Kier molecular flexibility index (Phi) is 7.58. The van der Waals surface area contributed by atoms with Gasteiger partial charge in [0.05, 0.1) is 6.61 Å². The van der Waals surface area contributed by atoms with Crippen LogP contribution in [-0.2, 0) is 22.7 Å². The van der Waals surface area contributed by atoms with Gasteiger partial charge < -0.3 is 0 Å². The number of hydrogen-bond donors (Lipinski definition) is 1. The molecule has 1 N–H and O–H groups in total. The largest absolute Gasteiger partial charge is 0.292 e. The van der Waals surface area contributed by atoms with Crippen LogP contribution in [0.3, 0.4) is 0 Å². The zero-order valence-electron chi connectivity index (χ0n) is 13.1. The molecule has 0 heterocycles. The van der Waals surface area contributed by atoms with Crippen molar-refractivity contribution in [3.8, 4) is 0 Å². The van der Waals surface area contributed by atoms with E-state index < -0.39 is 11.6 Å². The molecule has 0 saturated carbocycles. The highest BCUT2D eigenvalue weighted by molar-refractivity contribution is 6.30. The molecule has 2 rings (SSSR count). The first-order valence-electron chi connectivity index (χ1n) is 7.40. The molecule has 134 valence electrons. The van der Waals surface area contributed by atoms with Gasteiger partial charge in [-0.3, -0.25) is 14.5 Å². The first-order chi connectivity index (χ1) is 12.0. The molecule has 8 heteroatoms. The molecule has 4 nitrogen and oxygen atoms in total. The SMILES string of the molecule is O=CNOCCN(Cc1ccc(Cl)cc1F)Cc1ccc(Cl)cc1F. The maximum absolute atomic E-state index is 14.0. The van der Waals surface area contributed by atoms with Crippen molar-refractivity contribution in [1.29, 1.82) is 0 Å². The van der Waals surface area contributed by atoms with Gasteiger partial charge in [0.15, 0.2) is 0 Å². The van der Waals surface area contributed by atoms with Crippen LogP contribution in [0.25, 0.3) is 0 Å². The summed E-state index contributed by atoms with van der Waals surface area (Å²) in [6, 6.07) is 8.78. The number of hydrogen-bond acceptors (Lipinski definition) is 3. The van der Waals surface area contributed by atoms with Crippen molar-refractivity contribution in [3.05, 3.63) is 69.2 Å². The van der Waals surface area contributed by atoms with Gasteiger partial charge in [0.2, 0.25) is 6.41 Å². The first-order valence-corrected chi connectivity index (χ1v) is 8.16. The van der Waals surface area contributed by atoms with E-state index in [9.17, 15) is 13.6 Å². The third-order valence-electron chi connectivity index (χ3n) is 3.46. The summed E-state index contributed by atoms with van der Waals surface area (Å²) in [4.78, 5) is 16.9. The Bertz CT molecular complexity index is 678. The van der Waals surface area contributed by atoms with Gasteiger partial charge in [-0.15, -0.1) is 0 Å². The van der Waals surface area contributed by atoms with Crippen molar-refractivity contribution in [2.24, 2.45) is 0 Å². The quantitative estimate of drug-likeness (QED) is 0.401. The Balaban J connectivity index is 2.12. The van der Waals surface area contributed by atoms with Crippen LogP contribution in [0.15, 0.2) is 36.4 Å². The highest BCUT2D eigenvalue weighted by Gasteiger charge is 2.13. The molecule has 0 aliphatic carbocycles. The molecular formula is C17H16Cl2F2N2O2. The van der Waals surface area contributed by atoms with E-state index in [2.05, 4.69) is 5.48 Å². The Morgan fingerprint density at radius 3 is 1.96 bits per heavy atom. The molecule has 0 saturated heterocycles. The van der Waals surface area contributed by atoms with E-state index in [4.69, 9.17) is 28.0 Å². The van der Waals surface area contributed by atoms with E-state index in [1.165, 1.54) is 12.1 Å². The number of carbonyl (C=O) groups excluding carboxylic acids is 1. The lowest BCUT2D eigenvalue weighted by Gasteiger charge is -2.23. The van der Waals surface area contributed by atoms with Crippen LogP contribution in [0.4, 0.5) is 8.78 Å². The molecule has 0 unspecified atom stereocenters. The second-order valence-electron chi connectivity index (χ2n) is 5.27. The van der Waals surface area contributed by atoms with E-state index >= 15 is 0 Å². The van der Waals surface area contributed by atoms with Crippen molar-refractivity contribution in [2.45, 2.75) is 13.1 Å². The zero-order chi connectivity index (χ0) is 18.2. The number of rotatable bonds is 9. The third-order valence-corrected chi connectivity index (χ3v) is 3.93. The van der Waals surface area contributed by atoms with Crippen molar-refractivity contribution in [3.63, 3.8) is 0 Å². The van der Waals surface area contributed by atoms with E-state index in [0.717, 1.165) is 0 Å². The Morgan fingerprint density at radius 1 is 1.00 bits per heavy atom. The van der Waals surface area contributed by atoms with Gasteiger partial charge in [-0.2, -0.15) is 0 Å². The number of benzene rings is 2. The minimum atomic E-state index is -0.444. The van der Waals surface area contributed by atoms with Gasteiger partial charge in [-0.25, -0.2) is 14.3 Å². The predicted molar refractivity (Wildman–Crippen MR) is 92.1 cm³/mol. The summed E-state index contributed by atoms with van der Waals surface area (Å²) < 4.78 is 28.1. The topological polar surface area (TPSA) is 41.6 Å². The fraction of sp³-hybridized carbons (Fsp3) is 0.235. The van der Waals surface area contributed by atoms with Crippen molar-refractivity contribution in [2.75, 3.05) is 13.2 Å². The maximum atomic E-state index is 14.0. The van der Waals surface area contributed by atoms with E-state index in [1.54, 1.807) is 29.2 Å². The maximum Gasteiger partial charge on any atom is 0.230 e. The molecular weight excluding hydrogens is 373 g/mol. The van der Waals surface area contributed by atoms with Gasteiger partial charge >= 0.3 is 0 Å². The fourth-order valence-corrected chi connectivity index (χ4v) is 2.58. The van der Waals surface area contributed by atoms with E-state index in [0.29, 0.717) is 34.1 Å². The minimum Gasteiger partial charge on any atom is -0.292 e. The third kappa shape index (κ3) is 6.25.